The number of benzene rings is 1. The molecule has 2 rings (SSSR count). The van der Waals surface area contributed by atoms with Crippen LogP contribution in [-0.4, -0.2) is 17.7 Å². The lowest BCUT2D eigenvalue weighted by Crippen LogP contribution is -2.11. The van der Waals surface area contributed by atoms with E-state index >= 15 is 0 Å². The van der Waals surface area contributed by atoms with Crippen LogP contribution < -0.4 is 4.74 Å². The molecule has 0 bridgehead atoms. The fourth-order valence-electron chi connectivity index (χ4n) is 2.78. The van der Waals surface area contributed by atoms with Crippen LogP contribution in [0.25, 0.3) is 0 Å². The van der Waals surface area contributed by atoms with Crippen molar-refractivity contribution in [3.8, 4) is 5.75 Å². The number of hydrogen-bond donors (Lipinski definition) is 1. The minimum absolute atomic E-state index is 0.397. The summed E-state index contributed by atoms with van der Waals surface area (Å²) in [6.07, 6.45) is 7.42. The van der Waals surface area contributed by atoms with Gasteiger partial charge in [0, 0.05) is 6.42 Å². The smallest absolute Gasteiger partial charge is 0.310 e. The van der Waals surface area contributed by atoms with Crippen LogP contribution in [0.3, 0.4) is 0 Å². The van der Waals surface area contributed by atoms with Crippen LogP contribution in [0.1, 0.15) is 62.5 Å². The van der Waals surface area contributed by atoms with Gasteiger partial charge in [0.1, 0.15) is 5.75 Å². The second kappa shape index (κ2) is 7.32. The van der Waals surface area contributed by atoms with E-state index in [1.54, 1.807) is 0 Å². The Morgan fingerprint density at radius 2 is 2.10 bits per heavy atom. The molecule has 1 aromatic rings. The number of unbranched alkanes of at least 4 members (excludes halogenated alkanes) is 4. The summed E-state index contributed by atoms with van der Waals surface area (Å²) in [5.41, 5.74) is 2.08. The lowest BCUT2D eigenvalue weighted by atomic mass is 9.92. The first-order valence-electron chi connectivity index (χ1n) is 7.70. The van der Waals surface area contributed by atoms with Gasteiger partial charge in [0.15, 0.2) is 0 Å². The maximum absolute atomic E-state index is 11.5. The molecule has 0 fully saturated rings. The molecule has 1 N–H and O–H groups in total. The van der Waals surface area contributed by atoms with Crippen LogP contribution in [-0.2, 0) is 11.2 Å². The van der Waals surface area contributed by atoms with E-state index in [1.165, 1.54) is 24.8 Å². The number of carboxylic acid groups (broad SMARTS) is 1. The third kappa shape index (κ3) is 3.75. The number of aliphatic carboxylic acids is 1. The van der Waals surface area contributed by atoms with E-state index in [-0.39, 0.29) is 0 Å². The first-order chi connectivity index (χ1) is 9.72. The molecule has 110 valence electrons. The van der Waals surface area contributed by atoms with Gasteiger partial charge in [-0.2, -0.15) is 0 Å². The molecule has 1 atom stereocenters. The zero-order chi connectivity index (χ0) is 14.4. The molecule has 20 heavy (non-hydrogen) atoms. The molecule has 0 saturated carbocycles. The molecule has 0 amide bonds. The first-order valence-corrected chi connectivity index (χ1v) is 7.70. The first kappa shape index (κ1) is 14.9. The summed E-state index contributed by atoms with van der Waals surface area (Å²) < 4.78 is 5.53. The highest BCUT2D eigenvalue weighted by Crippen LogP contribution is 2.31. The normalized spacial score (nSPS) is 14.7. The summed E-state index contributed by atoms with van der Waals surface area (Å²) >= 11 is 0. The van der Waals surface area contributed by atoms with E-state index in [1.807, 2.05) is 18.2 Å². The Morgan fingerprint density at radius 1 is 1.30 bits per heavy atom. The number of fused-ring (bicyclic) bond motifs is 1. The number of carbonyl (C=O) groups is 1. The van der Waals surface area contributed by atoms with Crippen molar-refractivity contribution < 1.29 is 14.6 Å². The Kier molecular flexibility index (Phi) is 5.45. The van der Waals surface area contributed by atoms with Crippen molar-refractivity contribution in [1.29, 1.82) is 0 Å². The largest absolute Gasteiger partial charge is 0.493 e. The average Bonchev–Trinajstić information content (AvgIpc) is 2.89. The van der Waals surface area contributed by atoms with Gasteiger partial charge >= 0.3 is 5.97 Å². The lowest BCUT2D eigenvalue weighted by molar-refractivity contribution is -0.139. The van der Waals surface area contributed by atoms with Crippen LogP contribution in [0.4, 0.5) is 0 Å². The third-order valence-electron chi connectivity index (χ3n) is 4.02. The van der Waals surface area contributed by atoms with Gasteiger partial charge < -0.3 is 9.84 Å². The van der Waals surface area contributed by atoms with E-state index in [0.29, 0.717) is 6.61 Å². The molecule has 0 aromatic heterocycles. The topological polar surface area (TPSA) is 46.5 Å². The van der Waals surface area contributed by atoms with Gasteiger partial charge in [-0.05, 0) is 23.6 Å². The molecular weight excluding hydrogens is 252 g/mol. The molecule has 1 aliphatic rings. The maximum atomic E-state index is 11.5. The van der Waals surface area contributed by atoms with E-state index in [2.05, 4.69) is 6.92 Å². The number of carboxylic acids is 1. The number of ether oxygens (including phenoxy) is 1. The Morgan fingerprint density at radius 3 is 2.85 bits per heavy atom. The maximum Gasteiger partial charge on any atom is 0.310 e. The van der Waals surface area contributed by atoms with Gasteiger partial charge in [-0.1, -0.05) is 51.2 Å². The fourth-order valence-corrected chi connectivity index (χ4v) is 2.78. The van der Waals surface area contributed by atoms with Crippen LogP contribution >= 0.6 is 0 Å². The van der Waals surface area contributed by atoms with Crippen molar-refractivity contribution in [2.45, 2.75) is 57.8 Å². The molecule has 3 heteroatoms. The highest BCUT2D eigenvalue weighted by Gasteiger charge is 2.22. The molecule has 3 nitrogen and oxygen atoms in total. The summed E-state index contributed by atoms with van der Waals surface area (Å²) in [5.74, 6) is -0.246. The SMILES string of the molecule is CCCCCCC[C@H](C(=O)O)c1ccc2c(c1)OCC2. The molecule has 0 saturated heterocycles. The van der Waals surface area contributed by atoms with Gasteiger partial charge in [-0.25, -0.2) is 0 Å². The highest BCUT2D eigenvalue weighted by atomic mass is 16.5. The molecule has 1 aromatic carbocycles. The zero-order valence-corrected chi connectivity index (χ0v) is 12.2. The summed E-state index contributed by atoms with van der Waals surface area (Å²) in [6.45, 7) is 2.90. The molecule has 1 heterocycles. The second-order valence-corrected chi connectivity index (χ2v) is 5.56. The highest BCUT2D eigenvalue weighted by molar-refractivity contribution is 5.76. The van der Waals surface area contributed by atoms with Gasteiger partial charge in [0.05, 0.1) is 12.5 Å². The van der Waals surface area contributed by atoms with Crippen molar-refractivity contribution in [1.82, 2.24) is 0 Å². The standard InChI is InChI=1S/C17H24O3/c1-2-3-4-5-6-7-15(17(18)19)14-9-8-13-10-11-20-16(13)12-14/h8-9,12,15H,2-7,10-11H2,1H3,(H,18,19)/t15-/m0/s1. The fraction of sp³-hybridized carbons (Fsp3) is 0.588. The second-order valence-electron chi connectivity index (χ2n) is 5.56. The van der Waals surface area contributed by atoms with Crippen LogP contribution in [0.15, 0.2) is 18.2 Å². The summed E-state index contributed by atoms with van der Waals surface area (Å²) in [6, 6.07) is 5.90. The van der Waals surface area contributed by atoms with E-state index < -0.39 is 11.9 Å². The Balaban J connectivity index is 1.96. The minimum Gasteiger partial charge on any atom is -0.493 e. The van der Waals surface area contributed by atoms with Gasteiger partial charge in [0.2, 0.25) is 0 Å². The Bertz CT molecular complexity index is 454. The van der Waals surface area contributed by atoms with E-state index in [9.17, 15) is 9.90 Å². The summed E-state index contributed by atoms with van der Waals surface area (Å²) in [4.78, 5) is 11.5. The molecule has 0 unspecified atom stereocenters. The number of hydrogen-bond acceptors (Lipinski definition) is 2. The predicted molar refractivity (Wildman–Crippen MR) is 79.4 cm³/mol. The minimum atomic E-state index is -0.724. The van der Waals surface area contributed by atoms with Crippen molar-refractivity contribution in [3.63, 3.8) is 0 Å². The average molecular weight is 276 g/mol. The summed E-state index contributed by atoms with van der Waals surface area (Å²) in [7, 11) is 0. The van der Waals surface area contributed by atoms with E-state index in [4.69, 9.17) is 4.74 Å². The van der Waals surface area contributed by atoms with Crippen molar-refractivity contribution in [2.24, 2.45) is 0 Å². The zero-order valence-electron chi connectivity index (χ0n) is 12.2. The third-order valence-corrected chi connectivity index (χ3v) is 4.02. The van der Waals surface area contributed by atoms with Crippen LogP contribution in [0.2, 0.25) is 0 Å². The molecular formula is C17H24O3. The molecule has 0 aliphatic carbocycles. The molecule has 0 spiro atoms. The van der Waals surface area contributed by atoms with Crippen LogP contribution in [0, 0.1) is 0 Å². The van der Waals surface area contributed by atoms with Gasteiger partial charge in [0.25, 0.3) is 0 Å². The Hall–Kier alpha value is -1.51. The lowest BCUT2D eigenvalue weighted by Gasteiger charge is -2.13. The Labute approximate surface area is 121 Å². The quantitative estimate of drug-likeness (QED) is 0.725. The van der Waals surface area contributed by atoms with E-state index in [0.717, 1.165) is 37.0 Å². The van der Waals surface area contributed by atoms with Crippen molar-refractivity contribution in [2.75, 3.05) is 6.61 Å². The van der Waals surface area contributed by atoms with Crippen molar-refractivity contribution in [3.05, 3.63) is 29.3 Å². The van der Waals surface area contributed by atoms with Crippen molar-refractivity contribution >= 4 is 5.97 Å². The number of rotatable bonds is 8. The monoisotopic (exact) mass is 276 g/mol. The molecule has 0 radical (unpaired) electrons. The van der Waals surface area contributed by atoms with Gasteiger partial charge in [-0.15, -0.1) is 0 Å². The molecule has 1 aliphatic heterocycles. The predicted octanol–water partition coefficient (Wildman–Crippen LogP) is 4.15. The van der Waals surface area contributed by atoms with Crippen LogP contribution in [0.5, 0.6) is 5.75 Å². The summed E-state index contributed by atoms with van der Waals surface area (Å²) in [5, 5.41) is 9.44. The van der Waals surface area contributed by atoms with Gasteiger partial charge in [-0.3, -0.25) is 4.79 Å².